The Morgan fingerprint density at radius 2 is 2.29 bits per heavy atom. The third-order valence-electron chi connectivity index (χ3n) is 2.35. The molecule has 2 rings (SSSR count). The monoisotopic (exact) mass is 299 g/mol. The summed E-state index contributed by atoms with van der Waals surface area (Å²) in [5, 5.41) is 9.49. The van der Waals surface area contributed by atoms with Gasteiger partial charge in [0.1, 0.15) is 17.7 Å². The van der Waals surface area contributed by atoms with Crippen LogP contribution >= 0.6 is 15.9 Å². The highest BCUT2D eigenvalue weighted by molar-refractivity contribution is 9.10. The van der Waals surface area contributed by atoms with Crippen LogP contribution in [0.1, 0.15) is 11.9 Å². The molecule has 0 saturated heterocycles. The molecule has 1 aromatic heterocycles. The van der Waals surface area contributed by atoms with Crippen molar-refractivity contribution in [3.05, 3.63) is 40.5 Å². The number of nitrogens with one attached hydrogen (secondary N) is 1. The Morgan fingerprint density at radius 1 is 1.53 bits per heavy atom. The van der Waals surface area contributed by atoms with E-state index in [9.17, 15) is 9.50 Å². The van der Waals surface area contributed by atoms with E-state index < -0.39 is 6.10 Å². The second kappa shape index (κ2) is 4.95. The molecule has 1 atom stereocenters. The minimum absolute atomic E-state index is 0.0634. The van der Waals surface area contributed by atoms with Crippen molar-refractivity contribution in [1.82, 2.24) is 9.97 Å². The highest BCUT2D eigenvalue weighted by Crippen LogP contribution is 2.25. The second-order valence-corrected chi connectivity index (χ2v) is 4.47. The molecule has 1 unspecified atom stereocenters. The molecule has 0 aliphatic heterocycles. The smallest absolute Gasteiger partial charge is 0.136 e. The largest absolute Gasteiger partial charge is 0.384 e. The Balaban J connectivity index is 2.40. The van der Waals surface area contributed by atoms with Crippen LogP contribution in [-0.4, -0.2) is 21.6 Å². The standard InChI is InChI=1S/C11H11BrFN3O/c12-6-1-2-8(13)7(3-6)9-5-15-11(16-9)10(17)4-14/h1-3,5,10,17H,4,14H2,(H,15,16). The molecule has 17 heavy (non-hydrogen) atoms. The number of hydrogen-bond acceptors (Lipinski definition) is 3. The Bertz CT molecular complexity index is 529. The van der Waals surface area contributed by atoms with Crippen LogP contribution in [0.5, 0.6) is 0 Å². The number of aliphatic hydroxyl groups excluding tert-OH is 1. The highest BCUT2D eigenvalue weighted by atomic mass is 79.9. The van der Waals surface area contributed by atoms with Gasteiger partial charge >= 0.3 is 0 Å². The van der Waals surface area contributed by atoms with Gasteiger partial charge in [0.25, 0.3) is 0 Å². The zero-order valence-corrected chi connectivity index (χ0v) is 10.4. The van der Waals surface area contributed by atoms with Crippen molar-refractivity contribution < 1.29 is 9.50 Å². The van der Waals surface area contributed by atoms with Gasteiger partial charge in [-0.3, -0.25) is 0 Å². The number of nitrogens with two attached hydrogens (primary N) is 1. The number of aromatic amines is 1. The van der Waals surface area contributed by atoms with Gasteiger partial charge in [0, 0.05) is 16.6 Å². The van der Waals surface area contributed by atoms with Gasteiger partial charge in [-0.15, -0.1) is 0 Å². The van der Waals surface area contributed by atoms with Crippen molar-refractivity contribution in [2.45, 2.75) is 6.10 Å². The first-order chi connectivity index (χ1) is 8.11. The van der Waals surface area contributed by atoms with E-state index in [-0.39, 0.29) is 12.4 Å². The molecule has 6 heteroatoms. The Labute approximate surface area is 106 Å². The van der Waals surface area contributed by atoms with Crippen LogP contribution in [0.25, 0.3) is 11.3 Å². The number of rotatable bonds is 3. The molecule has 0 spiro atoms. The number of aromatic nitrogens is 2. The predicted octanol–water partition coefficient (Wildman–Crippen LogP) is 1.97. The van der Waals surface area contributed by atoms with E-state index >= 15 is 0 Å². The van der Waals surface area contributed by atoms with Gasteiger partial charge in [-0.1, -0.05) is 15.9 Å². The fraction of sp³-hybridized carbons (Fsp3) is 0.182. The van der Waals surface area contributed by atoms with Crippen LogP contribution in [0.15, 0.2) is 28.9 Å². The maximum atomic E-state index is 13.6. The number of benzene rings is 1. The number of halogens is 2. The maximum absolute atomic E-state index is 13.6. The predicted molar refractivity (Wildman–Crippen MR) is 65.7 cm³/mol. The zero-order valence-electron chi connectivity index (χ0n) is 8.82. The van der Waals surface area contributed by atoms with Crippen molar-refractivity contribution in [2.24, 2.45) is 5.73 Å². The van der Waals surface area contributed by atoms with Crippen molar-refractivity contribution in [2.75, 3.05) is 6.54 Å². The van der Waals surface area contributed by atoms with E-state index in [2.05, 4.69) is 25.9 Å². The molecule has 4 nitrogen and oxygen atoms in total. The minimum atomic E-state index is -0.862. The van der Waals surface area contributed by atoms with E-state index in [1.54, 1.807) is 12.1 Å². The van der Waals surface area contributed by atoms with Crippen LogP contribution in [0, 0.1) is 5.82 Å². The minimum Gasteiger partial charge on any atom is -0.384 e. The van der Waals surface area contributed by atoms with Gasteiger partial charge < -0.3 is 15.8 Å². The van der Waals surface area contributed by atoms with Crippen molar-refractivity contribution >= 4 is 15.9 Å². The summed E-state index contributed by atoms with van der Waals surface area (Å²) in [7, 11) is 0. The first-order valence-corrected chi connectivity index (χ1v) is 5.79. The molecule has 2 aromatic rings. The van der Waals surface area contributed by atoms with Crippen molar-refractivity contribution in [3.8, 4) is 11.3 Å². The summed E-state index contributed by atoms with van der Waals surface area (Å²) in [5.41, 5.74) is 6.21. The number of H-pyrrole nitrogens is 1. The summed E-state index contributed by atoms with van der Waals surface area (Å²) in [4.78, 5) is 6.81. The van der Waals surface area contributed by atoms with Gasteiger partial charge in [0.2, 0.25) is 0 Å². The number of imidazole rings is 1. The fourth-order valence-electron chi connectivity index (χ4n) is 1.46. The summed E-state index contributed by atoms with van der Waals surface area (Å²) in [5.74, 6) is -0.0208. The van der Waals surface area contributed by atoms with Gasteiger partial charge in [0.15, 0.2) is 0 Å². The Morgan fingerprint density at radius 3 is 3.00 bits per heavy atom. The van der Waals surface area contributed by atoms with Gasteiger partial charge in [-0.05, 0) is 18.2 Å². The Kier molecular flexibility index (Phi) is 3.56. The number of hydrogen-bond donors (Lipinski definition) is 3. The maximum Gasteiger partial charge on any atom is 0.136 e. The fourth-order valence-corrected chi connectivity index (χ4v) is 1.82. The van der Waals surface area contributed by atoms with Crippen LogP contribution in [0.3, 0.4) is 0 Å². The van der Waals surface area contributed by atoms with E-state index in [4.69, 9.17) is 5.73 Å². The summed E-state index contributed by atoms with van der Waals surface area (Å²) in [6.07, 6.45) is 0.609. The summed E-state index contributed by atoms with van der Waals surface area (Å²) in [6, 6.07) is 4.62. The van der Waals surface area contributed by atoms with E-state index in [1.807, 2.05) is 0 Å². The molecule has 0 saturated carbocycles. The van der Waals surface area contributed by atoms with E-state index in [1.165, 1.54) is 12.3 Å². The SMILES string of the molecule is NCC(O)c1ncc(-c2cc(Br)ccc2F)[nH]1. The van der Waals surface area contributed by atoms with E-state index in [0.717, 1.165) is 4.47 Å². The molecule has 0 fully saturated rings. The summed E-state index contributed by atoms with van der Waals surface area (Å²) < 4.78 is 14.4. The molecule has 4 N–H and O–H groups in total. The molecule has 1 aromatic carbocycles. The highest BCUT2D eigenvalue weighted by Gasteiger charge is 2.13. The molecule has 0 bridgehead atoms. The average Bonchev–Trinajstić information content (AvgIpc) is 2.80. The first kappa shape index (κ1) is 12.2. The molecule has 90 valence electrons. The van der Waals surface area contributed by atoms with Gasteiger partial charge in [0.05, 0.1) is 11.9 Å². The van der Waals surface area contributed by atoms with Gasteiger partial charge in [-0.2, -0.15) is 0 Å². The molecular weight excluding hydrogens is 289 g/mol. The molecule has 0 amide bonds. The molecular formula is C11H11BrFN3O. The Hall–Kier alpha value is -1.24. The lowest BCUT2D eigenvalue weighted by molar-refractivity contribution is 0.177. The third kappa shape index (κ3) is 2.54. The molecule has 1 heterocycles. The lowest BCUT2D eigenvalue weighted by Gasteiger charge is -2.03. The molecule has 0 aliphatic carbocycles. The van der Waals surface area contributed by atoms with Crippen LogP contribution in [-0.2, 0) is 0 Å². The lowest BCUT2D eigenvalue weighted by atomic mass is 10.1. The van der Waals surface area contributed by atoms with Gasteiger partial charge in [-0.25, -0.2) is 9.37 Å². The molecule has 0 radical (unpaired) electrons. The summed E-state index contributed by atoms with van der Waals surface area (Å²) >= 11 is 3.27. The van der Waals surface area contributed by atoms with E-state index in [0.29, 0.717) is 17.1 Å². The average molecular weight is 300 g/mol. The summed E-state index contributed by atoms with van der Waals surface area (Å²) in [6.45, 7) is 0.0634. The third-order valence-corrected chi connectivity index (χ3v) is 2.85. The topological polar surface area (TPSA) is 74.9 Å². The van der Waals surface area contributed by atoms with Crippen molar-refractivity contribution in [3.63, 3.8) is 0 Å². The second-order valence-electron chi connectivity index (χ2n) is 3.56. The number of nitrogens with zero attached hydrogens (tertiary/aromatic N) is 1. The molecule has 0 aliphatic rings. The van der Waals surface area contributed by atoms with Crippen LogP contribution in [0.2, 0.25) is 0 Å². The normalized spacial score (nSPS) is 12.7. The number of aliphatic hydroxyl groups is 1. The lowest BCUT2D eigenvalue weighted by Crippen LogP contribution is -2.12. The van der Waals surface area contributed by atoms with Crippen LogP contribution < -0.4 is 5.73 Å². The first-order valence-electron chi connectivity index (χ1n) is 5.00. The van der Waals surface area contributed by atoms with Crippen LogP contribution in [0.4, 0.5) is 4.39 Å². The zero-order chi connectivity index (χ0) is 12.4. The quantitative estimate of drug-likeness (QED) is 0.811. The van der Waals surface area contributed by atoms with Crippen molar-refractivity contribution in [1.29, 1.82) is 0 Å².